The SMILES string of the molecule is CCOC(=O)N1C(C)(C)C12CCOC2=O. The first-order valence-electron chi connectivity index (χ1n) is 5.13. The highest BCUT2D eigenvalue weighted by Crippen LogP contribution is 2.56. The van der Waals surface area contributed by atoms with Gasteiger partial charge in [0.1, 0.15) is 0 Å². The molecule has 2 aliphatic heterocycles. The number of amides is 1. The van der Waals surface area contributed by atoms with Crippen molar-refractivity contribution in [2.75, 3.05) is 13.2 Å². The van der Waals surface area contributed by atoms with Crippen LogP contribution in [0.15, 0.2) is 0 Å². The predicted octanol–water partition coefficient (Wildman–Crippen LogP) is 0.923. The van der Waals surface area contributed by atoms with Crippen molar-refractivity contribution in [2.24, 2.45) is 0 Å². The lowest BCUT2D eigenvalue weighted by Gasteiger charge is -2.06. The number of carbonyl (C=O) groups excluding carboxylic acids is 2. The van der Waals surface area contributed by atoms with E-state index < -0.39 is 17.2 Å². The monoisotopic (exact) mass is 213 g/mol. The van der Waals surface area contributed by atoms with Crippen LogP contribution in [0.5, 0.6) is 0 Å². The normalized spacial score (nSPS) is 31.7. The summed E-state index contributed by atoms with van der Waals surface area (Å²) in [6.07, 6.45) is 0.138. The summed E-state index contributed by atoms with van der Waals surface area (Å²) < 4.78 is 9.85. The Labute approximate surface area is 88.3 Å². The largest absolute Gasteiger partial charge is 0.464 e. The highest BCUT2D eigenvalue weighted by molar-refractivity contribution is 5.96. The fourth-order valence-corrected chi connectivity index (χ4v) is 2.50. The second-order valence-corrected chi connectivity index (χ2v) is 4.34. The van der Waals surface area contributed by atoms with Gasteiger partial charge < -0.3 is 9.47 Å². The minimum absolute atomic E-state index is 0.305. The summed E-state index contributed by atoms with van der Waals surface area (Å²) in [5.41, 5.74) is -1.24. The molecule has 1 amide bonds. The van der Waals surface area contributed by atoms with E-state index in [1.807, 2.05) is 13.8 Å². The van der Waals surface area contributed by atoms with Crippen LogP contribution in [0.4, 0.5) is 4.79 Å². The van der Waals surface area contributed by atoms with E-state index in [0.29, 0.717) is 19.6 Å². The highest BCUT2D eigenvalue weighted by atomic mass is 16.6. The van der Waals surface area contributed by atoms with Crippen molar-refractivity contribution >= 4 is 12.1 Å². The first kappa shape index (κ1) is 10.3. The van der Waals surface area contributed by atoms with Crippen molar-refractivity contribution in [3.05, 3.63) is 0 Å². The fraction of sp³-hybridized carbons (Fsp3) is 0.800. The fourth-order valence-electron chi connectivity index (χ4n) is 2.50. The minimum Gasteiger partial charge on any atom is -0.464 e. The average Bonchev–Trinajstić information content (AvgIpc) is 2.45. The maximum atomic E-state index is 11.6. The van der Waals surface area contributed by atoms with E-state index in [-0.39, 0.29) is 5.97 Å². The topological polar surface area (TPSA) is 55.6 Å². The summed E-state index contributed by atoms with van der Waals surface area (Å²) in [4.78, 5) is 24.7. The van der Waals surface area contributed by atoms with Crippen LogP contribution in [0.25, 0.3) is 0 Å². The molecule has 0 radical (unpaired) electrons. The zero-order valence-corrected chi connectivity index (χ0v) is 9.20. The molecule has 0 aromatic heterocycles. The van der Waals surface area contributed by atoms with E-state index in [1.54, 1.807) is 6.92 Å². The first-order chi connectivity index (χ1) is 6.98. The van der Waals surface area contributed by atoms with Crippen LogP contribution >= 0.6 is 0 Å². The lowest BCUT2D eigenvalue weighted by molar-refractivity contribution is -0.141. The molecule has 15 heavy (non-hydrogen) atoms. The van der Waals surface area contributed by atoms with Gasteiger partial charge >= 0.3 is 12.1 Å². The van der Waals surface area contributed by atoms with Crippen LogP contribution < -0.4 is 0 Å². The summed E-state index contributed by atoms with van der Waals surface area (Å²) in [5, 5.41) is 0. The molecule has 0 N–H and O–H groups in total. The minimum atomic E-state index is -0.765. The van der Waals surface area contributed by atoms with Gasteiger partial charge in [-0.05, 0) is 20.8 Å². The quantitative estimate of drug-likeness (QED) is 0.480. The van der Waals surface area contributed by atoms with Crippen LogP contribution in [0, 0.1) is 0 Å². The summed E-state index contributed by atoms with van der Waals surface area (Å²) in [7, 11) is 0. The number of hydrogen-bond donors (Lipinski definition) is 0. The number of ether oxygens (including phenoxy) is 2. The molecular weight excluding hydrogens is 198 g/mol. The third-order valence-electron chi connectivity index (χ3n) is 3.39. The number of esters is 1. The van der Waals surface area contributed by atoms with Gasteiger partial charge in [0.25, 0.3) is 0 Å². The van der Waals surface area contributed by atoms with Crippen molar-refractivity contribution in [3.63, 3.8) is 0 Å². The van der Waals surface area contributed by atoms with E-state index in [9.17, 15) is 9.59 Å². The van der Waals surface area contributed by atoms with Crippen molar-refractivity contribution in [3.8, 4) is 0 Å². The number of rotatable bonds is 1. The molecule has 0 bridgehead atoms. The molecule has 1 spiro atoms. The van der Waals surface area contributed by atoms with Crippen LogP contribution in [-0.4, -0.2) is 41.3 Å². The molecule has 2 heterocycles. The van der Waals surface area contributed by atoms with Crippen LogP contribution in [0.2, 0.25) is 0 Å². The Morgan fingerprint density at radius 3 is 2.73 bits per heavy atom. The zero-order chi connectivity index (χ0) is 11.3. The van der Waals surface area contributed by atoms with Crippen LogP contribution in [-0.2, 0) is 14.3 Å². The van der Waals surface area contributed by atoms with Gasteiger partial charge in [0.05, 0.1) is 18.8 Å². The molecule has 0 aliphatic carbocycles. The van der Waals surface area contributed by atoms with E-state index in [2.05, 4.69) is 0 Å². The Morgan fingerprint density at radius 2 is 2.27 bits per heavy atom. The molecule has 0 aromatic carbocycles. The number of hydrogen-bond acceptors (Lipinski definition) is 4. The van der Waals surface area contributed by atoms with E-state index >= 15 is 0 Å². The lowest BCUT2D eigenvalue weighted by atomic mass is 9.95. The Hall–Kier alpha value is -1.26. The van der Waals surface area contributed by atoms with E-state index in [4.69, 9.17) is 9.47 Å². The third kappa shape index (κ3) is 1.03. The molecule has 0 saturated carbocycles. The first-order valence-corrected chi connectivity index (χ1v) is 5.13. The van der Waals surface area contributed by atoms with Gasteiger partial charge in [-0.25, -0.2) is 9.59 Å². The smallest absolute Gasteiger partial charge is 0.411 e. The Morgan fingerprint density at radius 1 is 1.60 bits per heavy atom. The maximum Gasteiger partial charge on any atom is 0.411 e. The molecule has 2 rings (SSSR count). The van der Waals surface area contributed by atoms with Crippen LogP contribution in [0.3, 0.4) is 0 Å². The molecule has 2 fully saturated rings. The predicted molar refractivity (Wildman–Crippen MR) is 51.2 cm³/mol. The second kappa shape index (κ2) is 2.87. The molecule has 1 atom stereocenters. The molecular formula is C10H15NO4. The van der Waals surface area contributed by atoms with Crippen LogP contribution in [0.1, 0.15) is 27.2 Å². The average molecular weight is 213 g/mol. The summed E-state index contributed by atoms with van der Waals surface area (Å²) >= 11 is 0. The standard InChI is InChI=1S/C10H15NO4/c1-4-14-8(13)11-9(2,3)10(11)5-6-15-7(10)12/h4-6H2,1-3H3. The summed E-state index contributed by atoms with van der Waals surface area (Å²) in [6.45, 7) is 6.16. The van der Waals surface area contributed by atoms with Gasteiger partial charge in [0, 0.05) is 6.42 Å². The van der Waals surface area contributed by atoms with Gasteiger partial charge in [-0.3, -0.25) is 4.90 Å². The summed E-state index contributed by atoms with van der Waals surface area (Å²) in [5.74, 6) is -0.305. The Bertz CT molecular complexity index is 325. The van der Waals surface area contributed by atoms with Crippen molar-refractivity contribution in [1.29, 1.82) is 0 Å². The Kier molecular flexibility index (Phi) is 1.96. The van der Waals surface area contributed by atoms with Crippen molar-refractivity contribution < 1.29 is 19.1 Å². The van der Waals surface area contributed by atoms with Crippen molar-refractivity contribution in [1.82, 2.24) is 4.90 Å². The maximum absolute atomic E-state index is 11.6. The number of cyclic esters (lactones) is 1. The molecule has 2 saturated heterocycles. The number of carbonyl (C=O) groups is 2. The molecule has 1 unspecified atom stereocenters. The van der Waals surface area contributed by atoms with E-state index in [0.717, 1.165) is 0 Å². The van der Waals surface area contributed by atoms with Gasteiger partial charge in [-0.15, -0.1) is 0 Å². The third-order valence-corrected chi connectivity index (χ3v) is 3.39. The van der Waals surface area contributed by atoms with Gasteiger partial charge in [0.15, 0.2) is 5.54 Å². The second-order valence-electron chi connectivity index (χ2n) is 4.34. The number of nitrogens with zero attached hydrogens (tertiary/aromatic N) is 1. The zero-order valence-electron chi connectivity index (χ0n) is 9.20. The lowest BCUT2D eigenvalue weighted by Crippen LogP contribution is -2.29. The van der Waals surface area contributed by atoms with Crippen molar-refractivity contribution in [2.45, 2.75) is 38.3 Å². The molecule has 0 aromatic rings. The van der Waals surface area contributed by atoms with E-state index in [1.165, 1.54) is 4.90 Å². The van der Waals surface area contributed by atoms with Gasteiger partial charge in [-0.1, -0.05) is 0 Å². The Balaban J connectivity index is 2.22. The highest BCUT2D eigenvalue weighted by Gasteiger charge is 2.79. The molecule has 84 valence electrons. The molecule has 5 heteroatoms. The van der Waals surface area contributed by atoms with Gasteiger partial charge in [-0.2, -0.15) is 0 Å². The molecule has 2 aliphatic rings. The molecule has 5 nitrogen and oxygen atoms in total. The summed E-state index contributed by atoms with van der Waals surface area (Å²) in [6, 6.07) is 0. The van der Waals surface area contributed by atoms with Gasteiger partial charge in [0.2, 0.25) is 0 Å².